The molecule has 100 valence electrons. The standard InChI is InChI=1S/C14H27NO2/c1-14(2,3)15(11-10-13(16)17)12-8-6-4-5-7-9-12/h12H,4-11H2,1-3H3,(H,16,17). The van der Waals surface area contributed by atoms with E-state index in [1.165, 1.54) is 38.5 Å². The van der Waals surface area contributed by atoms with Crippen molar-refractivity contribution >= 4 is 5.97 Å². The van der Waals surface area contributed by atoms with E-state index in [-0.39, 0.29) is 12.0 Å². The zero-order valence-electron chi connectivity index (χ0n) is 11.5. The van der Waals surface area contributed by atoms with Crippen LogP contribution in [0, 0.1) is 0 Å². The van der Waals surface area contributed by atoms with Crippen molar-refractivity contribution in [2.75, 3.05) is 6.54 Å². The number of hydrogen-bond acceptors (Lipinski definition) is 2. The fourth-order valence-electron chi connectivity index (χ4n) is 2.85. The third-order valence-corrected chi connectivity index (χ3v) is 3.69. The Labute approximate surface area is 105 Å². The lowest BCUT2D eigenvalue weighted by molar-refractivity contribution is -0.137. The molecule has 0 aromatic heterocycles. The van der Waals surface area contributed by atoms with Crippen molar-refractivity contribution in [2.45, 2.75) is 77.3 Å². The molecular weight excluding hydrogens is 214 g/mol. The summed E-state index contributed by atoms with van der Waals surface area (Å²) in [6.07, 6.45) is 8.00. The molecule has 3 heteroatoms. The van der Waals surface area contributed by atoms with Crippen LogP contribution < -0.4 is 0 Å². The van der Waals surface area contributed by atoms with E-state index in [1.54, 1.807) is 0 Å². The molecule has 0 saturated heterocycles. The van der Waals surface area contributed by atoms with Gasteiger partial charge in [-0.15, -0.1) is 0 Å². The lowest BCUT2D eigenvalue weighted by Crippen LogP contribution is -2.48. The molecule has 0 radical (unpaired) electrons. The Kier molecular flexibility index (Phi) is 5.44. The normalized spacial score (nSPS) is 19.3. The third-order valence-electron chi connectivity index (χ3n) is 3.69. The van der Waals surface area contributed by atoms with Gasteiger partial charge >= 0.3 is 5.97 Å². The fraction of sp³-hybridized carbons (Fsp3) is 0.929. The fourth-order valence-corrected chi connectivity index (χ4v) is 2.85. The molecule has 0 heterocycles. The first-order valence-electron chi connectivity index (χ1n) is 6.90. The van der Waals surface area contributed by atoms with Crippen LogP contribution in [0.3, 0.4) is 0 Å². The van der Waals surface area contributed by atoms with Gasteiger partial charge in [-0.05, 0) is 33.6 Å². The lowest BCUT2D eigenvalue weighted by Gasteiger charge is -2.41. The average Bonchev–Trinajstić information content (AvgIpc) is 2.44. The highest BCUT2D eigenvalue weighted by molar-refractivity contribution is 5.66. The molecule has 1 N–H and O–H groups in total. The lowest BCUT2D eigenvalue weighted by atomic mass is 9.98. The van der Waals surface area contributed by atoms with Gasteiger partial charge in [-0.3, -0.25) is 9.69 Å². The van der Waals surface area contributed by atoms with Gasteiger partial charge in [0.2, 0.25) is 0 Å². The van der Waals surface area contributed by atoms with E-state index < -0.39 is 5.97 Å². The summed E-state index contributed by atoms with van der Waals surface area (Å²) in [5.74, 6) is -0.687. The topological polar surface area (TPSA) is 40.5 Å². The molecule has 17 heavy (non-hydrogen) atoms. The maximum absolute atomic E-state index is 10.8. The van der Waals surface area contributed by atoms with E-state index in [0.717, 1.165) is 0 Å². The smallest absolute Gasteiger partial charge is 0.304 e. The second kappa shape index (κ2) is 6.39. The van der Waals surface area contributed by atoms with E-state index in [2.05, 4.69) is 25.7 Å². The van der Waals surface area contributed by atoms with Crippen molar-refractivity contribution in [1.82, 2.24) is 4.90 Å². The molecule has 1 saturated carbocycles. The summed E-state index contributed by atoms with van der Waals surface area (Å²) in [4.78, 5) is 13.2. The zero-order chi connectivity index (χ0) is 12.9. The first-order chi connectivity index (χ1) is 7.91. The first-order valence-corrected chi connectivity index (χ1v) is 6.90. The van der Waals surface area contributed by atoms with Crippen LogP contribution in [0.1, 0.15) is 65.7 Å². The number of carbonyl (C=O) groups is 1. The van der Waals surface area contributed by atoms with Crippen LogP contribution in [-0.2, 0) is 4.79 Å². The number of rotatable bonds is 4. The molecule has 1 aliphatic rings. The molecular formula is C14H27NO2. The van der Waals surface area contributed by atoms with E-state index >= 15 is 0 Å². The number of hydrogen-bond donors (Lipinski definition) is 1. The SMILES string of the molecule is CC(C)(C)N(CCC(=O)O)C1CCCCCC1. The summed E-state index contributed by atoms with van der Waals surface area (Å²) in [5.41, 5.74) is 0.0739. The highest BCUT2D eigenvalue weighted by Gasteiger charge is 2.29. The van der Waals surface area contributed by atoms with Gasteiger partial charge in [-0.25, -0.2) is 0 Å². The minimum atomic E-state index is -0.687. The van der Waals surface area contributed by atoms with Crippen LogP contribution in [0.25, 0.3) is 0 Å². The molecule has 0 unspecified atom stereocenters. The summed E-state index contributed by atoms with van der Waals surface area (Å²) < 4.78 is 0. The Bertz CT molecular complexity index is 237. The minimum absolute atomic E-state index is 0.0739. The Balaban J connectivity index is 2.63. The van der Waals surface area contributed by atoms with E-state index in [1.807, 2.05) is 0 Å². The van der Waals surface area contributed by atoms with Crippen LogP contribution in [0.4, 0.5) is 0 Å². The molecule has 0 spiro atoms. The predicted octanol–water partition coefficient (Wildman–Crippen LogP) is 3.28. The Morgan fingerprint density at radius 2 is 1.71 bits per heavy atom. The molecule has 0 atom stereocenters. The Morgan fingerprint density at radius 3 is 2.12 bits per heavy atom. The highest BCUT2D eigenvalue weighted by Crippen LogP contribution is 2.27. The second-order valence-corrected chi connectivity index (χ2v) is 6.15. The Morgan fingerprint density at radius 1 is 1.18 bits per heavy atom. The number of carboxylic acid groups (broad SMARTS) is 1. The van der Waals surface area contributed by atoms with Crippen molar-refractivity contribution in [2.24, 2.45) is 0 Å². The molecule has 1 rings (SSSR count). The summed E-state index contributed by atoms with van der Waals surface area (Å²) in [6.45, 7) is 7.27. The van der Waals surface area contributed by atoms with Gasteiger partial charge in [-0.2, -0.15) is 0 Å². The molecule has 0 aliphatic heterocycles. The van der Waals surface area contributed by atoms with Gasteiger partial charge in [0.15, 0.2) is 0 Å². The molecule has 1 aliphatic carbocycles. The number of carboxylic acids is 1. The van der Waals surface area contributed by atoms with Gasteiger partial charge in [0.1, 0.15) is 0 Å². The molecule has 0 aromatic carbocycles. The maximum atomic E-state index is 10.8. The highest BCUT2D eigenvalue weighted by atomic mass is 16.4. The predicted molar refractivity (Wildman–Crippen MR) is 70.2 cm³/mol. The molecule has 0 bridgehead atoms. The monoisotopic (exact) mass is 241 g/mol. The first kappa shape index (κ1) is 14.5. The molecule has 0 amide bonds. The largest absolute Gasteiger partial charge is 0.481 e. The minimum Gasteiger partial charge on any atom is -0.481 e. The van der Waals surface area contributed by atoms with Crippen LogP contribution in [0.2, 0.25) is 0 Å². The zero-order valence-corrected chi connectivity index (χ0v) is 11.5. The van der Waals surface area contributed by atoms with E-state index in [9.17, 15) is 4.79 Å². The third kappa shape index (κ3) is 5.07. The van der Waals surface area contributed by atoms with Crippen molar-refractivity contribution in [1.29, 1.82) is 0 Å². The van der Waals surface area contributed by atoms with Crippen LogP contribution in [-0.4, -0.2) is 34.1 Å². The van der Waals surface area contributed by atoms with Crippen molar-refractivity contribution < 1.29 is 9.90 Å². The van der Waals surface area contributed by atoms with Crippen molar-refractivity contribution in [3.8, 4) is 0 Å². The average molecular weight is 241 g/mol. The van der Waals surface area contributed by atoms with Gasteiger partial charge in [0.05, 0.1) is 6.42 Å². The van der Waals surface area contributed by atoms with E-state index in [0.29, 0.717) is 12.6 Å². The van der Waals surface area contributed by atoms with E-state index in [4.69, 9.17) is 5.11 Å². The van der Waals surface area contributed by atoms with Crippen molar-refractivity contribution in [3.05, 3.63) is 0 Å². The Hall–Kier alpha value is -0.570. The van der Waals surface area contributed by atoms with Crippen LogP contribution >= 0.6 is 0 Å². The van der Waals surface area contributed by atoms with Crippen LogP contribution in [0.15, 0.2) is 0 Å². The molecule has 1 fully saturated rings. The van der Waals surface area contributed by atoms with Crippen molar-refractivity contribution in [3.63, 3.8) is 0 Å². The van der Waals surface area contributed by atoms with Gasteiger partial charge in [-0.1, -0.05) is 25.7 Å². The van der Waals surface area contributed by atoms with Crippen LogP contribution in [0.5, 0.6) is 0 Å². The van der Waals surface area contributed by atoms with Gasteiger partial charge < -0.3 is 5.11 Å². The molecule has 3 nitrogen and oxygen atoms in total. The second-order valence-electron chi connectivity index (χ2n) is 6.15. The summed E-state index contributed by atoms with van der Waals surface area (Å²) in [6, 6.07) is 0.580. The summed E-state index contributed by atoms with van der Waals surface area (Å²) >= 11 is 0. The summed E-state index contributed by atoms with van der Waals surface area (Å²) in [5, 5.41) is 8.86. The van der Waals surface area contributed by atoms with Gasteiger partial charge in [0, 0.05) is 18.1 Å². The number of aliphatic carboxylic acids is 1. The molecule has 0 aromatic rings. The van der Waals surface area contributed by atoms with Gasteiger partial charge in [0.25, 0.3) is 0 Å². The summed E-state index contributed by atoms with van der Waals surface area (Å²) in [7, 11) is 0. The number of nitrogens with zero attached hydrogens (tertiary/aromatic N) is 1. The maximum Gasteiger partial charge on any atom is 0.304 e. The quantitative estimate of drug-likeness (QED) is 0.768.